The first-order valence-corrected chi connectivity index (χ1v) is 4.44. The maximum atomic E-state index is 9.10. The lowest BCUT2D eigenvalue weighted by Crippen LogP contribution is -2.19. The summed E-state index contributed by atoms with van der Waals surface area (Å²) in [6.45, 7) is 7.44. The van der Waals surface area contributed by atoms with E-state index in [1.165, 1.54) is 6.42 Å². The van der Waals surface area contributed by atoms with Gasteiger partial charge in [0.05, 0.1) is 12.7 Å². The molecule has 2 unspecified atom stereocenters. The number of aliphatic hydroxyl groups is 1. The molecule has 2 heteroatoms. The van der Waals surface area contributed by atoms with E-state index in [-0.39, 0.29) is 12.0 Å². The lowest BCUT2D eigenvalue weighted by Gasteiger charge is -2.14. The van der Waals surface area contributed by atoms with Crippen LogP contribution in [0.4, 0.5) is 0 Å². The van der Waals surface area contributed by atoms with Gasteiger partial charge in [-0.1, -0.05) is 20.3 Å². The van der Waals surface area contributed by atoms with E-state index in [1.807, 2.05) is 6.92 Å². The van der Waals surface area contributed by atoms with Crippen molar-refractivity contribution >= 4 is 0 Å². The molecule has 0 aromatic heterocycles. The van der Waals surface area contributed by atoms with E-state index in [0.717, 1.165) is 13.0 Å². The molecule has 0 aromatic rings. The van der Waals surface area contributed by atoms with Gasteiger partial charge in [0.1, 0.15) is 0 Å². The van der Waals surface area contributed by atoms with Gasteiger partial charge in [0.15, 0.2) is 0 Å². The molecule has 0 amide bonds. The van der Waals surface area contributed by atoms with E-state index in [2.05, 4.69) is 6.92 Å². The zero-order valence-electron chi connectivity index (χ0n) is 7.84. The van der Waals surface area contributed by atoms with Gasteiger partial charge in [-0.2, -0.15) is 0 Å². The Balaban J connectivity index is 3.10. The third-order valence-corrected chi connectivity index (χ3v) is 1.85. The van der Waals surface area contributed by atoms with Crippen LogP contribution in [0.3, 0.4) is 0 Å². The Labute approximate surface area is 69.6 Å². The van der Waals surface area contributed by atoms with Crippen LogP contribution in [0.15, 0.2) is 0 Å². The molecule has 1 N–H and O–H groups in total. The van der Waals surface area contributed by atoms with E-state index in [4.69, 9.17) is 9.84 Å². The van der Waals surface area contributed by atoms with Crippen LogP contribution in [0.5, 0.6) is 0 Å². The molecule has 0 rings (SSSR count). The summed E-state index contributed by atoms with van der Waals surface area (Å²) >= 11 is 0. The first-order valence-electron chi connectivity index (χ1n) is 4.44. The standard InChI is InChI=1S/C9H20O2/c1-4-5-6-11-7-8(2)9(3)10/h8-10H,4-7H2,1-3H3. The zero-order chi connectivity index (χ0) is 8.69. The Bertz CT molecular complexity index is 81.6. The molecule has 11 heavy (non-hydrogen) atoms. The summed E-state index contributed by atoms with van der Waals surface area (Å²) in [5, 5.41) is 9.10. The normalized spacial score (nSPS) is 16.4. The number of hydrogen-bond donors (Lipinski definition) is 1. The Kier molecular flexibility index (Phi) is 6.57. The Hall–Kier alpha value is -0.0800. The van der Waals surface area contributed by atoms with Crippen LogP contribution in [0, 0.1) is 5.92 Å². The number of ether oxygens (including phenoxy) is 1. The molecule has 68 valence electrons. The van der Waals surface area contributed by atoms with Crippen molar-refractivity contribution < 1.29 is 9.84 Å². The smallest absolute Gasteiger partial charge is 0.0559 e. The highest BCUT2D eigenvalue weighted by molar-refractivity contribution is 4.56. The van der Waals surface area contributed by atoms with Crippen molar-refractivity contribution in [2.24, 2.45) is 5.92 Å². The maximum Gasteiger partial charge on any atom is 0.0559 e. The van der Waals surface area contributed by atoms with Crippen LogP contribution in [0.1, 0.15) is 33.6 Å². The van der Waals surface area contributed by atoms with Crippen LogP contribution in [-0.2, 0) is 4.74 Å². The molecule has 0 heterocycles. The molecule has 0 saturated carbocycles. The summed E-state index contributed by atoms with van der Waals surface area (Å²) in [7, 11) is 0. The molecule has 0 aliphatic carbocycles. The van der Waals surface area contributed by atoms with Crippen molar-refractivity contribution in [2.45, 2.75) is 39.7 Å². The highest BCUT2D eigenvalue weighted by Gasteiger charge is 2.07. The third kappa shape index (κ3) is 6.32. The van der Waals surface area contributed by atoms with E-state index < -0.39 is 0 Å². The Morgan fingerprint density at radius 2 is 2.00 bits per heavy atom. The van der Waals surface area contributed by atoms with E-state index in [9.17, 15) is 0 Å². The monoisotopic (exact) mass is 160 g/mol. The predicted molar refractivity (Wildman–Crippen MR) is 46.6 cm³/mol. The fraction of sp³-hybridized carbons (Fsp3) is 1.00. The van der Waals surface area contributed by atoms with Gasteiger partial charge in [0, 0.05) is 12.5 Å². The second-order valence-corrected chi connectivity index (χ2v) is 3.15. The third-order valence-electron chi connectivity index (χ3n) is 1.85. The lowest BCUT2D eigenvalue weighted by atomic mass is 10.1. The SMILES string of the molecule is CCCCOCC(C)C(C)O. The topological polar surface area (TPSA) is 29.5 Å². The molecule has 0 aliphatic heterocycles. The maximum absolute atomic E-state index is 9.10. The van der Waals surface area contributed by atoms with Gasteiger partial charge in [-0.05, 0) is 13.3 Å². The van der Waals surface area contributed by atoms with Crippen molar-refractivity contribution in [2.75, 3.05) is 13.2 Å². The van der Waals surface area contributed by atoms with Gasteiger partial charge in [-0.25, -0.2) is 0 Å². The number of aliphatic hydroxyl groups excluding tert-OH is 1. The molecular weight excluding hydrogens is 140 g/mol. The van der Waals surface area contributed by atoms with Gasteiger partial charge in [-0.15, -0.1) is 0 Å². The second kappa shape index (κ2) is 6.62. The first-order chi connectivity index (χ1) is 5.18. The van der Waals surface area contributed by atoms with Gasteiger partial charge in [0.25, 0.3) is 0 Å². The largest absolute Gasteiger partial charge is 0.393 e. The average Bonchev–Trinajstić information content (AvgIpc) is 1.97. The second-order valence-electron chi connectivity index (χ2n) is 3.15. The van der Waals surface area contributed by atoms with Crippen molar-refractivity contribution in [1.29, 1.82) is 0 Å². The van der Waals surface area contributed by atoms with Crippen LogP contribution in [0.25, 0.3) is 0 Å². The minimum Gasteiger partial charge on any atom is -0.393 e. The fourth-order valence-corrected chi connectivity index (χ4v) is 0.655. The van der Waals surface area contributed by atoms with Gasteiger partial charge in [0.2, 0.25) is 0 Å². The lowest BCUT2D eigenvalue weighted by molar-refractivity contribution is 0.0433. The first kappa shape index (κ1) is 10.9. The average molecular weight is 160 g/mol. The molecule has 0 fully saturated rings. The van der Waals surface area contributed by atoms with Crippen molar-refractivity contribution in [3.8, 4) is 0 Å². The number of rotatable bonds is 6. The highest BCUT2D eigenvalue weighted by Crippen LogP contribution is 2.02. The summed E-state index contributed by atoms with van der Waals surface area (Å²) in [5.41, 5.74) is 0. The van der Waals surface area contributed by atoms with Gasteiger partial charge < -0.3 is 9.84 Å². The summed E-state index contributed by atoms with van der Waals surface area (Å²) < 4.78 is 5.34. The predicted octanol–water partition coefficient (Wildman–Crippen LogP) is 1.82. The Morgan fingerprint density at radius 3 is 2.45 bits per heavy atom. The number of hydrogen-bond acceptors (Lipinski definition) is 2. The summed E-state index contributed by atoms with van der Waals surface area (Å²) in [6.07, 6.45) is 2.03. The minimum atomic E-state index is -0.253. The Morgan fingerprint density at radius 1 is 1.36 bits per heavy atom. The molecule has 0 aliphatic rings. The van der Waals surface area contributed by atoms with Crippen LogP contribution in [-0.4, -0.2) is 24.4 Å². The summed E-state index contributed by atoms with van der Waals surface area (Å²) in [4.78, 5) is 0. The summed E-state index contributed by atoms with van der Waals surface area (Å²) in [5.74, 6) is 0.256. The van der Waals surface area contributed by atoms with Crippen LogP contribution in [0.2, 0.25) is 0 Å². The van der Waals surface area contributed by atoms with Gasteiger partial charge >= 0.3 is 0 Å². The molecule has 0 bridgehead atoms. The number of unbranched alkanes of at least 4 members (excludes halogenated alkanes) is 1. The van der Waals surface area contributed by atoms with Gasteiger partial charge in [-0.3, -0.25) is 0 Å². The minimum absolute atomic E-state index is 0.253. The molecule has 2 atom stereocenters. The van der Waals surface area contributed by atoms with Crippen molar-refractivity contribution in [3.63, 3.8) is 0 Å². The van der Waals surface area contributed by atoms with E-state index in [1.54, 1.807) is 6.92 Å². The summed E-state index contributed by atoms with van der Waals surface area (Å²) in [6, 6.07) is 0. The molecule has 0 aromatic carbocycles. The molecular formula is C9H20O2. The highest BCUT2D eigenvalue weighted by atomic mass is 16.5. The van der Waals surface area contributed by atoms with E-state index in [0.29, 0.717) is 6.61 Å². The molecule has 0 spiro atoms. The van der Waals surface area contributed by atoms with Crippen molar-refractivity contribution in [1.82, 2.24) is 0 Å². The quantitative estimate of drug-likeness (QED) is 0.600. The van der Waals surface area contributed by atoms with E-state index >= 15 is 0 Å². The fourth-order valence-electron chi connectivity index (χ4n) is 0.655. The molecule has 2 nitrogen and oxygen atoms in total. The zero-order valence-corrected chi connectivity index (χ0v) is 7.84. The molecule has 0 radical (unpaired) electrons. The van der Waals surface area contributed by atoms with Crippen molar-refractivity contribution in [3.05, 3.63) is 0 Å². The van der Waals surface area contributed by atoms with Crippen LogP contribution < -0.4 is 0 Å². The molecule has 0 saturated heterocycles. The van der Waals surface area contributed by atoms with Crippen LogP contribution >= 0.6 is 0 Å².